The molecule has 0 fully saturated rings. The van der Waals surface area contributed by atoms with Gasteiger partial charge in [0.15, 0.2) is 24.1 Å². The van der Waals surface area contributed by atoms with Crippen molar-refractivity contribution in [1.82, 2.24) is 0 Å². The standard InChI is InChI=1S/C17H16F3NO3/c1-2-9-23-11-3-5-12(6-4-11)24-10-15(22)21-14-8-7-13(18)16(19)17(14)20/h3-8H,2,9-10H2,1H3,(H,21,22). The Morgan fingerprint density at radius 2 is 1.58 bits per heavy atom. The van der Waals surface area contributed by atoms with Gasteiger partial charge in [-0.05, 0) is 42.8 Å². The van der Waals surface area contributed by atoms with Gasteiger partial charge in [0.2, 0.25) is 0 Å². The van der Waals surface area contributed by atoms with Crippen molar-refractivity contribution in [1.29, 1.82) is 0 Å². The highest BCUT2D eigenvalue weighted by molar-refractivity contribution is 5.92. The van der Waals surface area contributed by atoms with Crippen molar-refractivity contribution in [3.8, 4) is 11.5 Å². The molecule has 0 saturated carbocycles. The number of carbonyl (C=O) groups is 1. The average molecular weight is 339 g/mol. The van der Waals surface area contributed by atoms with Crippen LogP contribution in [0.25, 0.3) is 0 Å². The smallest absolute Gasteiger partial charge is 0.262 e. The third-order valence-corrected chi connectivity index (χ3v) is 2.98. The molecule has 0 radical (unpaired) electrons. The molecule has 1 amide bonds. The van der Waals surface area contributed by atoms with Crippen molar-refractivity contribution in [2.24, 2.45) is 0 Å². The van der Waals surface area contributed by atoms with Crippen LogP contribution in [0.4, 0.5) is 18.9 Å². The number of nitrogens with one attached hydrogen (secondary N) is 1. The van der Waals surface area contributed by atoms with Crippen LogP contribution in [0.2, 0.25) is 0 Å². The SMILES string of the molecule is CCCOc1ccc(OCC(=O)Nc2ccc(F)c(F)c2F)cc1. The minimum absolute atomic E-state index is 0.409. The minimum Gasteiger partial charge on any atom is -0.494 e. The molecule has 24 heavy (non-hydrogen) atoms. The van der Waals surface area contributed by atoms with Crippen molar-refractivity contribution >= 4 is 11.6 Å². The van der Waals surface area contributed by atoms with Crippen molar-refractivity contribution in [3.63, 3.8) is 0 Å². The molecule has 7 heteroatoms. The molecule has 0 saturated heterocycles. The summed E-state index contributed by atoms with van der Waals surface area (Å²) in [5.74, 6) is -4.03. The summed E-state index contributed by atoms with van der Waals surface area (Å²) in [7, 11) is 0. The third-order valence-electron chi connectivity index (χ3n) is 2.98. The molecule has 0 bridgehead atoms. The molecule has 128 valence electrons. The Balaban J connectivity index is 1.88. The Bertz CT molecular complexity index is 705. The van der Waals surface area contributed by atoms with E-state index in [2.05, 4.69) is 5.32 Å². The summed E-state index contributed by atoms with van der Waals surface area (Å²) in [5, 5.41) is 2.12. The molecule has 0 aliphatic heterocycles. The van der Waals surface area contributed by atoms with E-state index < -0.39 is 35.7 Å². The summed E-state index contributed by atoms with van der Waals surface area (Å²) in [6.07, 6.45) is 0.888. The molecule has 0 heterocycles. The van der Waals surface area contributed by atoms with Gasteiger partial charge in [-0.15, -0.1) is 0 Å². The van der Waals surface area contributed by atoms with Crippen molar-refractivity contribution < 1.29 is 27.4 Å². The fourth-order valence-electron chi connectivity index (χ4n) is 1.81. The van der Waals surface area contributed by atoms with Gasteiger partial charge >= 0.3 is 0 Å². The lowest BCUT2D eigenvalue weighted by Crippen LogP contribution is -2.21. The first-order valence-electron chi connectivity index (χ1n) is 7.30. The zero-order valence-corrected chi connectivity index (χ0v) is 12.9. The fraction of sp³-hybridized carbons (Fsp3) is 0.235. The molecule has 2 aromatic carbocycles. The Morgan fingerprint density at radius 1 is 0.958 bits per heavy atom. The van der Waals surface area contributed by atoms with E-state index in [-0.39, 0.29) is 0 Å². The molecule has 0 aromatic heterocycles. The molecular formula is C17H16F3NO3. The van der Waals surface area contributed by atoms with Gasteiger partial charge in [-0.2, -0.15) is 0 Å². The molecule has 0 aliphatic rings. The Hall–Kier alpha value is -2.70. The highest BCUT2D eigenvalue weighted by Gasteiger charge is 2.15. The number of anilines is 1. The Kier molecular flexibility index (Phi) is 6.06. The molecule has 2 aromatic rings. The van der Waals surface area contributed by atoms with Crippen LogP contribution in [-0.2, 0) is 4.79 Å². The molecule has 4 nitrogen and oxygen atoms in total. The van der Waals surface area contributed by atoms with Gasteiger partial charge in [-0.3, -0.25) is 4.79 Å². The van der Waals surface area contributed by atoms with E-state index in [1.165, 1.54) is 0 Å². The maximum Gasteiger partial charge on any atom is 0.262 e. The van der Waals surface area contributed by atoms with Crippen molar-refractivity contribution in [2.75, 3.05) is 18.5 Å². The van der Waals surface area contributed by atoms with Gasteiger partial charge in [0.1, 0.15) is 11.5 Å². The molecular weight excluding hydrogens is 323 g/mol. The summed E-state index contributed by atoms with van der Waals surface area (Å²) in [4.78, 5) is 11.7. The number of amides is 1. The van der Waals surface area contributed by atoms with Gasteiger partial charge in [0.05, 0.1) is 12.3 Å². The monoisotopic (exact) mass is 339 g/mol. The lowest BCUT2D eigenvalue weighted by Gasteiger charge is -2.09. The average Bonchev–Trinajstić information content (AvgIpc) is 2.59. The summed E-state index contributed by atoms with van der Waals surface area (Å²) in [5.41, 5.74) is -0.453. The van der Waals surface area contributed by atoms with E-state index in [1.54, 1.807) is 24.3 Å². The first-order valence-corrected chi connectivity index (χ1v) is 7.30. The van der Waals surface area contributed by atoms with Crippen LogP contribution >= 0.6 is 0 Å². The van der Waals surface area contributed by atoms with Crippen LogP contribution in [-0.4, -0.2) is 19.1 Å². The van der Waals surface area contributed by atoms with Gasteiger partial charge in [0, 0.05) is 0 Å². The second-order valence-corrected chi connectivity index (χ2v) is 4.88. The predicted molar refractivity (Wildman–Crippen MR) is 82.7 cm³/mol. The number of halogens is 3. The lowest BCUT2D eigenvalue weighted by atomic mass is 10.3. The van der Waals surface area contributed by atoms with Crippen molar-refractivity contribution in [2.45, 2.75) is 13.3 Å². The van der Waals surface area contributed by atoms with Crippen LogP contribution in [0, 0.1) is 17.5 Å². The van der Waals surface area contributed by atoms with Crippen molar-refractivity contribution in [3.05, 3.63) is 53.8 Å². The predicted octanol–water partition coefficient (Wildman–Crippen LogP) is 3.91. The second-order valence-electron chi connectivity index (χ2n) is 4.88. The summed E-state index contributed by atoms with van der Waals surface area (Å²) < 4.78 is 50.0. The van der Waals surface area contributed by atoms with Gasteiger partial charge < -0.3 is 14.8 Å². The first kappa shape index (κ1) is 17.7. The van der Waals surface area contributed by atoms with E-state index in [9.17, 15) is 18.0 Å². The largest absolute Gasteiger partial charge is 0.494 e. The number of ether oxygens (including phenoxy) is 2. The zero-order valence-electron chi connectivity index (χ0n) is 12.9. The third kappa shape index (κ3) is 4.65. The summed E-state index contributed by atoms with van der Waals surface area (Å²) >= 11 is 0. The molecule has 0 atom stereocenters. The number of hydrogen-bond donors (Lipinski definition) is 1. The van der Waals surface area contributed by atoms with Crippen LogP contribution in [0.15, 0.2) is 36.4 Å². The number of benzene rings is 2. The van der Waals surface area contributed by atoms with E-state index in [4.69, 9.17) is 9.47 Å². The van der Waals surface area contributed by atoms with E-state index >= 15 is 0 Å². The first-order chi connectivity index (χ1) is 11.5. The minimum atomic E-state index is -1.64. The van der Waals surface area contributed by atoms with Gasteiger partial charge in [-0.25, -0.2) is 13.2 Å². The zero-order chi connectivity index (χ0) is 17.5. The topological polar surface area (TPSA) is 47.6 Å². The lowest BCUT2D eigenvalue weighted by molar-refractivity contribution is -0.118. The van der Waals surface area contributed by atoms with Gasteiger partial charge in [0.25, 0.3) is 5.91 Å². The number of rotatable bonds is 7. The van der Waals surface area contributed by atoms with Crippen LogP contribution in [0.5, 0.6) is 11.5 Å². The molecule has 0 unspecified atom stereocenters. The van der Waals surface area contributed by atoms with Gasteiger partial charge in [-0.1, -0.05) is 6.92 Å². The molecule has 2 rings (SSSR count). The second kappa shape index (κ2) is 8.24. The highest BCUT2D eigenvalue weighted by atomic mass is 19.2. The normalized spacial score (nSPS) is 10.3. The molecule has 0 aliphatic carbocycles. The highest BCUT2D eigenvalue weighted by Crippen LogP contribution is 2.20. The van der Waals surface area contributed by atoms with E-state index in [1.807, 2.05) is 6.92 Å². The Morgan fingerprint density at radius 3 is 2.21 bits per heavy atom. The fourth-order valence-corrected chi connectivity index (χ4v) is 1.81. The summed E-state index contributed by atoms with van der Waals surface area (Å²) in [6, 6.07) is 8.29. The Labute approximate surface area is 137 Å². The van der Waals surface area contributed by atoms with E-state index in [0.29, 0.717) is 18.1 Å². The maximum absolute atomic E-state index is 13.4. The number of carbonyl (C=O) groups excluding carboxylic acids is 1. The quantitative estimate of drug-likeness (QED) is 0.778. The summed E-state index contributed by atoms with van der Waals surface area (Å²) in [6.45, 7) is 2.18. The van der Waals surface area contributed by atoms with Crippen LogP contribution in [0.1, 0.15) is 13.3 Å². The van der Waals surface area contributed by atoms with E-state index in [0.717, 1.165) is 18.6 Å². The molecule has 0 spiro atoms. The van der Waals surface area contributed by atoms with Crippen LogP contribution in [0.3, 0.4) is 0 Å². The molecule has 1 N–H and O–H groups in total. The van der Waals surface area contributed by atoms with Crippen LogP contribution < -0.4 is 14.8 Å². The number of hydrogen-bond acceptors (Lipinski definition) is 3. The maximum atomic E-state index is 13.4.